The summed E-state index contributed by atoms with van der Waals surface area (Å²) in [6, 6.07) is 5.93. The van der Waals surface area contributed by atoms with Gasteiger partial charge in [-0.15, -0.1) is 0 Å². The number of aryl methyl sites for hydroxylation is 1. The van der Waals surface area contributed by atoms with E-state index in [9.17, 15) is 0 Å². The second-order valence-corrected chi connectivity index (χ2v) is 3.15. The van der Waals surface area contributed by atoms with Crippen molar-refractivity contribution in [2.75, 3.05) is 5.32 Å². The summed E-state index contributed by atoms with van der Waals surface area (Å²) < 4.78 is 0. The number of aromatic nitrogens is 3. The molecule has 0 aromatic carbocycles. The van der Waals surface area contributed by atoms with Gasteiger partial charge in [-0.2, -0.15) is 5.10 Å². The van der Waals surface area contributed by atoms with Crippen LogP contribution in [0.1, 0.15) is 11.3 Å². The van der Waals surface area contributed by atoms with Crippen LogP contribution in [0.5, 0.6) is 0 Å². The molecule has 0 spiro atoms. The molecule has 0 aliphatic carbocycles. The van der Waals surface area contributed by atoms with Crippen molar-refractivity contribution in [3.8, 4) is 0 Å². The van der Waals surface area contributed by atoms with E-state index in [2.05, 4.69) is 20.5 Å². The largest absolute Gasteiger partial charge is 0.365 e. The van der Waals surface area contributed by atoms with E-state index in [4.69, 9.17) is 0 Å². The quantitative estimate of drug-likeness (QED) is 0.771. The Morgan fingerprint density at radius 2 is 2.14 bits per heavy atom. The van der Waals surface area contributed by atoms with E-state index in [1.54, 1.807) is 12.4 Å². The highest BCUT2D eigenvalue weighted by atomic mass is 15.2. The van der Waals surface area contributed by atoms with Crippen molar-refractivity contribution in [1.29, 1.82) is 0 Å². The van der Waals surface area contributed by atoms with Gasteiger partial charge in [-0.1, -0.05) is 0 Å². The topological polar surface area (TPSA) is 53.6 Å². The highest BCUT2D eigenvalue weighted by Gasteiger charge is 1.96. The summed E-state index contributed by atoms with van der Waals surface area (Å²) in [5.74, 6) is 0.874. The molecule has 0 radical (unpaired) electrons. The molecular formula is C10H12N4. The first kappa shape index (κ1) is 8.74. The Balaban J connectivity index is 1.95. The number of aromatic amines is 1. The molecule has 4 nitrogen and oxygen atoms in total. The van der Waals surface area contributed by atoms with Gasteiger partial charge in [0.1, 0.15) is 5.82 Å². The summed E-state index contributed by atoms with van der Waals surface area (Å²) in [7, 11) is 0. The Morgan fingerprint density at radius 1 is 1.36 bits per heavy atom. The van der Waals surface area contributed by atoms with Crippen molar-refractivity contribution in [1.82, 2.24) is 15.2 Å². The van der Waals surface area contributed by atoms with Gasteiger partial charge in [0.15, 0.2) is 0 Å². The molecule has 2 heterocycles. The molecule has 0 saturated carbocycles. The van der Waals surface area contributed by atoms with E-state index < -0.39 is 0 Å². The van der Waals surface area contributed by atoms with Crippen LogP contribution in [0.4, 0.5) is 5.82 Å². The second kappa shape index (κ2) is 3.91. The Labute approximate surface area is 82.4 Å². The van der Waals surface area contributed by atoms with Gasteiger partial charge in [0.25, 0.3) is 0 Å². The minimum Gasteiger partial charge on any atom is -0.365 e. The van der Waals surface area contributed by atoms with Crippen LogP contribution in [-0.2, 0) is 6.54 Å². The lowest BCUT2D eigenvalue weighted by Gasteiger charge is -2.01. The molecule has 2 aromatic heterocycles. The highest BCUT2D eigenvalue weighted by Crippen LogP contribution is 2.06. The van der Waals surface area contributed by atoms with Crippen molar-refractivity contribution >= 4 is 5.82 Å². The molecule has 0 atom stereocenters. The van der Waals surface area contributed by atoms with Crippen LogP contribution in [0.3, 0.4) is 0 Å². The van der Waals surface area contributed by atoms with Crippen LogP contribution in [0.15, 0.2) is 30.6 Å². The molecule has 14 heavy (non-hydrogen) atoms. The molecule has 0 aliphatic rings. The summed E-state index contributed by atoms with van der Waals surface area (Å²) in [4.78, 5) is 3.95. The van der Waals surface area contributed by atoms with Crippen molar-refractivity contribution < 1.29 is 0 Å². The van der Waals surface area contributed by atoms with Crippen molar-refractivity contribution in [3.05, 3.63) is 41.9 Å². The average Bonchev–Trinajstić information content (AvgIpc) is 2.63. The SMILES string of the molecule is Cc1cc(NCc2ccncc2)n[nH]1. The zero-order valence-electron chi connectivity index (χ0n) is 7.99. The number of hydrogen-bond acceptors (Lipinski definition) is 3. The monoisotopic (exact) mass is 188 g/mol. The van der Waals surface area contributed by atoms with Crippen LogP contribution in [0, 0.1) is 6.92 Å². The number of rotatable bonds is 3. The normalized spacial score (nSPS) is 10.1. The first-order valence-corrected chi connectivity index (χ1v) is 4.49. The fourth-order valence-corrected chi connectivity index (χ4v) is 1.20. The fourth-order valence-electron chi connectivity index (χ4n) is 1.20. The first-order chi connectivity index (χ1) is 6.84. The molecule has 2 rings (SSSR count). The van der Waals surface area contributed by atoms with Crippen molar-refractivity contribution in [2.24, 2.45) is 0 Å². The number of nitrogens with zero attached hydrogens (tertiary/aromatic N) is 2. The molecule has 2 aromatic rings. The number of nitrogens with one attached hydrogen (secondary N) is 2. The smallest absolute Gasteiger partial charge is 0.148 e. The lowest BCUT2D eigenvalue weighted by Crippen LogP contribution is -1.99. The van der Waals surface area contributed by atoms with Crippen LogP contribution in [-0.4, -0.2) is 15.2 Å². The number of hydrogen-bond donors (Lipinski definition) is 2. The lowest BCUT2D eigenvalue weighted by molar-refractivity contribution is 1.02. The van der Waals surface area contributed by atoms with Gasteiger partial charge in [-0.05, 0) is 24.6 Å². The summed E-state index contributed by atoms with van der Waals surface area (Å²) in [5.41, 5.74) is 2.25. The number of H-pyrrole nitrogens is 1. The van der Waals surface area contributed by atoms with Gasteiger partial charge in [0.2, 0.25) is 0 Å². The van der Waals surface area contributed by atoms with Crippen molar-refractivity contribution in [3.63, 3.8) is 0 Å². The van der Waals surface area contributed by atoms with E-state index in [0.29, 0.717) is 0 Å². The molecule has 0 amide bonds. The van der Waals surface area contributed by atoms with Gasteiger partial charge in [0.05, 0.1) is 0 Å². The van der Waals surface area contributed by atoms with Gasteiger partial charge in [-0.25, -0.2) is 0 Å². The Hall–Kier alpha value is -1.84. The van der Waals surface area contributed by atoms with Gasteiger partial charge >= 0.3 is 0 Å². The maximum absolute atomic E-state index is 4.08. The zero-order valence-corrected chi connectivity index (χ0v) is 7.99. The second-order valence-electron chi connectivity index (χ2n) is 3.15. The minimum absolute atomic E-state index is 0.771. The van der Waals surface area contributed by atoms with E-state index in [1.165, 1.54) is 5.56 Å². The third-order valence-corrected chi connectivity index (χ3v) is 1.93. The summed E-state index contributed by atoms with van der Waals surface area (Å²) in [5, 5.41) is 10.2. The fraction of sp³-hybridized carbons (Fsp3) is 0.200. The van der Waals surface area contributed by atoms with Crippen LogP contribution in [0.2, 0.25) is 0 Å². The molecule has 0 unspecified atom stereocenters. The molecular weight excluding hydrogens is 176 g/mol. The Kier molecular flexibility index (Phi) is 2.44. The van der Waals surface area contributed by atoms with E-state index >= 15 is 0 Å². The van der Waals surface area contributed by atoms with Crippen LogP contribution < -0.4 is 5.32 Å². The molecule has 0 saturated heterocycles. The number of pyridine rings is 1. The molecule has 2 N–H and O–H groups in total. The van der Waals surface area contributed by atoms with Crippen LogP contribution in [0.25, 0.3) is 0 Å². The molecule has 72 valence electrons. The first-order valence-electron chi connectivity index (χ1n) is 4.49. The standard InChI is InChI=1S/C10H12N4/c1-8-6-10(14-13-8)12-7-9-2-4-11-5-3-9/h2-6H,7H2,1H3,(H2,12,13,14). The summed E-state index contributed by atoms with van der Waals surface area (Å²) in [6.07, 6.45) is 3.57. The Bertz CT molecular complexity index is 394. The third-order valence-electron chi connectivity index (χ3n) is 1.93. The zero-order chi connectivity index (χ0) is 9.80. The number of anilines is 1. The molecule has 4 heteroatoms. The highest BCUT2D eigenvalue weighted by molar-refractivity contribution is 5.35. The molecule has 0 fully saturated rings. The molecule has 0 aliphatic heterocycles. The van der Waals surface area contributed by atoms with Crippen molar-refractivity contribution in [2.45, 2.75) is 13.5 Å². The lowest BCUT2D eigenvalue weighted by atomic mass is 10.3. The average molecular weight is 188 g/mol. The maximum atomic E-state index is 4.08. The Morgan fingerprint density at radius 3 is 2.79 bits per heavy atom. The third kappa shape index (κ3) is 2.10. The van der Waals surface area contributed by atoms with E-state index in [1.807, 2.05) is 25.1 Å². The minimum atomic E-state index is 0.771. The molecule has 0 bridgehead atoms. The summed E-state index contributed by atoms with van der Waals surface area (Å²) in [6.45, 7) is 2.75. The van der Waals surface area contributed by atoms with Gasteiger partial charge in [0, 0.05) is 30.7 Å². The predicted octanol–water partition coefficient (Wildman–Crippen LogP) is 1.73. The van der Waals surface area contributed by atoms with E-state index in [-0.39, 0.29) is 0 Å². The van der Waals surface area contributed by atoms with Gasteiger partial charge in [-0.3, -0.25) is 10.1 Å². The van der Waals surface area contributed by atoms with Gasteiger partial charge < -0.3 is 5.32 Å². The maximum Gasteiger partial charge on any atom is 0.148 e. The predicted molar refractivity (Wildman–Crippen MR) is 54.9 cm³/mol. The van der Waals surface area contributed by atoms with E-state index in [0.717, 1.165) is 18.1 Å². The summed E-state index contributed by atoms with van der Waals surface area (Å²) >= 11 is 0. The van der Waals surface area contributed by atoms with Crippen LogP contribution >= 0.6 is 0 Å².